The fourth-order valence-electron chi connectivity index (χ4n) is 3.94. The zero-order valence-electron chi connectivity index (χ0n) is 13.3. The summed E-state index contributed by atoms with van der Waals surface area (Å²) in [6, 6.07) is 3.81. The Balaban J connectivity index is 1.80. The second-order valence-electron chi connectivity index (χ2n) is 6.60. The Hall–Kier alpha value is -1.95. The van der Waals surface area contributed by atoms with Crippen LogP contribution in [0.15, 0.2) is 22.4 Å². The van der Waals surface area contributed by atoms with Crippen LogP contribution in [0.4, 0.5) is 0 Å². The lowest BCUT2D eigenvalue weighted by molar-refractivity contribution is -0.131. The average Bonchev–Trinajstić information content (AvgIpc) is 2.94. The Morgan fingerprint density at radius 3 is 2.83 bits per heavy atom. The van der Waals surface area contributed by atoms with Gasteiger partial charge >= 0.3 is 0 Å². The zero-order chi connectivity index (χ0) is 16.1. The summed E-state index contributed by atoms with van der Waals surface area (Å²) in [6.07, 6.45) is 1.06. The van der Waals surface area contributed by atoms with Crippen molar-refractivity contribution in [2.24, 2.45) is 5.92 Å². The number of rotatable bonds is 1. The van der Waals surface area contributed by atoms with Gasteiger partial charge in [0, 0.05) is 54.7 Å². The van der Waals surface area contributed by atoms with E-state index in [9.17, 15) is 9.59 Å². The van der Waals surface area contributed by atoms with E-state index in [1.807, 2.05) is 21.9 Å². The maximum atomic E-state index is 12.6. The van der Waals surface area contributed by atoms with E-state index in [1.165, 1.54) is 0 Å². The highest BCUT2D eigenvalue weighted by Crippen LogP contribution is 2.36. The van der Waals surface area contributed by atoms with Crippen LogP contribution >= 0.6 is 11.3 Å². The fourth-order valence-corrected chi connectivity index (χ4v) is 4.53. The third-order valence-corrected chi connectivity index (χ3v) is 5.78. The number of thiazole rings is 1. The Morgan fingerprint density at radius 1 is 1.30 bits per heavy atom. The number of hydrogen-bond donors (Lipinski definition) is 0. The Bertz CT molecular complexity index is 839. The second-order valence-corrected chi connectivity index (χ2v) is 7.66. The standard InChI is InChI=1S/C17H19N3O2S/c1-10-17(18-9-23-10)13-4-15-14-3-12(6-19(8-14)11(2)21)7-20(15)16(22)5-13/h4-5,9,12,14H,3,6-8H2,1-2H3/t12-,14+/m0/s1. The molecule has 4 rings (SSSR count). The molecular weight excluding hydrogens is 310 g/mol. The minimum absolute atomic E-state index is 0.0517. The van der Waals surface area contributed by atoms with Crippen LogP contribution in [-0.2, 0) is 11.3 Å². The first-order valence-electron chi connectivity index (χ1n) is 7.93. The lowest BCUT2D eigenvalue weighted by atomic mass is 9.82. The van der Waals surface area contributed by atoms with Gasteiger partial charge in [-0.25, -0.2) is 4.98 Å². The second kappa shape index (κ2) is 5.30. The van der Waals surface area contributed by atoms with Crippen molar-refractivity contribution in [3.63, 3.8) is 0 Å². The number of hydrogen-bond acceptors (Lipinski definition) is 4. The Morgan fingerprint density at radius 2 is 2.13 bits per heavy atom. The quantitative estimate of drug-likeness (QED) is 0.806. The number of fused-ring (bicyclic) bond motifs is 4. The molecule has 0 aromatic carbocycles. The average molecular weight is 329 g/mol. The van der Waals surface area contributed by atoms with E-state index >= 15 is 0 Å². The van der Waals surface area contributed by atoms with Crippen LogP contribution in [0.3, 0.4) is 0 Å². The summed E-state index contributed by atoms with van der Waals surface area (Å²) < 4.78 is 1.90. The molecule has 0 spiro atoms. The molecule has 0 saturated carbocycles. The van der Waals surface area contributed by atoms with Gasteiger partial charge in [0.05, 0.1) is 11.2 Å². The summed E-state index contributed by atoms with van der Waals surface area (Å²) in [4.78, 5) is 31.8. The minimum atomic E-state index is 0.0517. The molecule has 0 radical (unpaired) electrons. The summed E-state index contributed by atoms with van der Waals surface area (Å²) in [5, 5.41) is 0. The molecule has 1 fully saturated rings. The highest BCUT2D eigenvalue weighted by molar-refractivity contribution is 7.10. The number of likely N-dealkylation sites (tertiary alicyclic amines) is 1. The van der Waals surface area contributed by atoms with Gasteiger partial charge in [-0.15, -0.1) is 11.3 Å². The molecule has 2 bridgehead atoms. The first kappa shape index (κ1) is 14.6. The predicted molar refractivity (Wildman–Crippen MR) is 89.6 cm³/mol. The first-order chi connectivity index (χ1) is 11.0. The third-order valence-electron chi connectivity index (χ3n) is 5.02. The highest BCUT2D eigenvalue weighted by atomic mass is 32.1. The van der Waals surface area contributed by atoms with Gasteiger partial charge in [-0.05, 0) is 25.3 Å². The summed E-state index contributed by atoms with van der Waals surface area (Å²) in [6.45, 7) is 5.85. The van der Waals surface area contributed by atoms with Crippen molar-refractivity contribution in [2.75, 3.05) is 13.1 Å². The number of nitrogens with zero attached hydrogens (tertiary/aromatic N) is 3. The van der Waals surface area contributed by atoms with Gasteiger partial charge < -0.3 is 9.47 Å². The molecule has 1 amide bonds. The van der Waals surface area contributed by atoms with Crippen molar-refractivity contribution in [3.8, 4) is 11.3 Å². The number of aromatic nitrogens is 2. The fraction of sp³-hybridized carbons (Fsp3) is 0.471. The van der Waals surface area contributed by atoms with E-state index in [1.54, 1.807) is 24.3 Å². The largest absolute Gasteiger partial charge is 0.342 e. The number of carbonyl (C=O) groups is 1. The van der Waals surface area contributed by atoms with E-state index in [2.05, 4.69) is 11.1 Å². The van der Waals surface area contributed by atoms with Crippen molar-refractivity contribution < 1.29 is 4.79 Å². The van der Waals surface area contributed by atoms with Gasteiger partial charge in [0.15, 0.2) is 0 Å². The molecule has 5 nitrogen and oxygen atoms in total. The van der Waals surface area contributed by atoms with Gasteiger partial charge in [0.1, 0.15) is 0 Å². The molecule has 23 heavy (non-hydrogen) atoms. The highest BCUT2D eigenvalue weighted by Gasteiger charge is 2.35. The number of aryl methyl sites for hydroxylation is 1. The molecule has 0 N–H and O–H groups in total. The van der Waals surface area contributed by atoms with Crippen molar-refractivity contribution in [2.45, 2.75) is 32.7 Å². The number of piperidine rings is 1. The van der Waals surface area contributed by atoms with Crippen molar-refractivity contribution >= 4 is 17.2 Å². The minimum Gasteiger partial charge on any atom is -0.342 e. The summed E-state index contributed by atoms with van der Waals surface area (Å²) >= 11 is 1.59. The molecule has 0 aliphatic carbocycles. The van der Waals surface area contributed by atoms with Crippen LogP contribution in [0, 0.1) is 12.8 Å². The molecule has 2 aliphatic rings. The lowest BCUT2D eigenvalue weighted by Crippen LogP contribution is -2.48. The normalized spacial score (nSPS) is 22.8. The summed E-state index contributed by atoms with van der Waals surface area (Å²) in [7, 11) is 0. The lowest BCUT2D eigenvalue weighted by Gasteiger charge is -2.42. The van der Waals surface area contributed by atoms with E-state index < -0.39 is 0 Å². The molecule has 2 aromatic rings. The number of pyridine rings is 1. The van der Waals surface area contributed by atoms with Crippen molar-refractivity contribution in [1.82, 2.24) is 14.5 Å². The smallest absolute Gasteiger partial charge is 0.251 e. The molecular formula is C17H19N3O2S. The first-order valence-corrected chi connectivity index (χ1v) is 8.81. The predicted octanol–water partition coefficient (Wildman–Crippen LogP) is 2.25. The van der Waals surface area contributed by atoms with E-state index in [0.717, 1.165) is 34.8 Å². The van der Waals surface area contributed by atoms with Gasteiger partial charge in [-0.2, -0.15) is 0 Å². The summed E-state index contributed by atoms with van der Waals surface area (Å²) in [5.41, 5.74) is 4.73. The van der Waals surface area contributed by atoms with Crippen LogP contribution < -0.4 is 5.56 Å². The van der Waals surface area contributed by atoms with Gasteiger partial charge in [-0.1, -0.05) is 0 Å². The Kier molecular flexibility index (Phi) is 3.37. The Labute approximate surface area is 138 Å². The van der Waals surface area contributed by atoms with E-state index in [0.29, 0.717) is 19.0 Å². The van der Waals surface area contributed by atoms with Crippen molar-refractivity contribution in [3.05, 3.63) is 38.6 Å². The molecule has 6 heteroatoms. The molecule has 0 unspecified atom stereocenters. The molecule has 2 aliphatic heterocycles. The van der Waals surface area contributed by atoms with Gasteiger partial charge in [0.25, 0.3) is 5.56 Å². The van der Waals surface area contributed by atoms with Crippen molar-refractivity contribution in [1.29, 1.82) is 0 Å². The van der Waals surface area contributed by atoms with Crippen LogP contribution in [-0.4, -0.2) is 33.4 Å². The SMILES string of the molecule is CC(=O)N1C[C@@H]2C[C@H](C1)c1cc(-c3ncsc3C)cc(=O)n1C2. The van der Waals surface area contributed by atoms with Gasteiger partial charge in [-0.3, -0.25) is 9.59 Å². The summed E-state index contributed by atoms with van der Waals surface area (Å²) in [5.74, 6) is 0.759. The molecule has 2 aromatic heterocycles. The zero-order valence-corrected chi connectivity index (χ0v) is 14.1. The van der Waals surface area contributed by atoms with Gasteiger partial charge in [0.2, 0.25) is 5.91 Å². The number of carbonyl (C=O) groups excluding carboxylic acids is 1. The van der Waals surface area contributed by atoms with Crippen LogP contribution in [0.25, 0.3) is 11.3 Å². The molecule has 4 heterocycles. The third kappa shape index (κ3) is 2.41. The molecule has 1 saturated heterocycles. The maximum Gasteiger partial charge on any atom is 0.251 e. The number of amides is 1. The molecule has 120 valence electrons. The topological polar surface area (TPSA) is 55.2 Å². The van der Waals surface area contributed by atoms with Crippen LogP contribution in [0.2, 0.25) is 0 Å². The van der Waals surface area contributed by atoms with E-state index in [4.69, 9.17) is 0 Å². The maximum absolute atomic E-state index is 12.6. The van der Waals surface area contributed by atoms with E-state index in [-0.39, 0.29) is 17.4 Å². The monoisotopic (exact) mass is 329 g/mol. The van der Waals surface area contributed by atoms with Crippen LogP contribution in [0.5, 0.6) is 0 Å². The van der Waals surface area contributed by atoms with Crippen LogP contribution in [0.1, 0.15) is 29.8 Å². The molecule has 2 atom stereocenters.